The number of rotatable bonds is 3. The number of carboxylic acid groups (broad SMARTS) is 1. The number of Topliss-reactive ketones (excluding diaryl/α,β-unsaturated/α-hetero) is 1. The van der Waals surface area contributed by atoms with Crippen LogP contribution in [0.4, 0.5) is 0 Å². The van der Waals surface area contributed by atoms with Crippen molar-refractivity contribution in [3.63, 3.8) is 0 Å². The monoisotopic (exact) mass is 210 g/mol. The molecule has 2 rings (SSSR count). The predicted octanol–water partition coefficient (Wildman–Crippen LogP) is 2.10. The Balaban J connectivity index is 2.34. The van der Waals surface area contributed by atoms with Gasteiger partial charge in [-0.15, -0.1) is 11.3 Å². The number of carbonyl (C=O) groups is 2. The fourth-order valence-electron chi connectivity index (χ4n) is 1.49. The van der Waals surface area contributed by atoms with E-state index in [2.05, 4.69) is 0 Å². The standard InChI is InChI=1S/C10H10O3S/c1-6-2-5-14-7(6)8(11)10(3-4-10)9(12)13/h2,5H,3-4H2,1H3,(H,12,13). The highest BCUT2D eigenvalue weighted by molar-refractivity contribution is 7.12. The van der Waals surface area contributed by atoms with Gasteiger partial charge in [0.15, 0.2) is 5.78 Å². The molecule has 1 aromatic rings. The number of ketones is 1. The summed E-state index contributed by atoms with van der Waals surface area (Å²) in [7, 11) is 0. The molecule has 1 fully saturated rings. The van der Waals surface area contributed by atoms with Crippen molar-refractivity contribution in [2.24, 2.45) is 5.41 Å². The van der Waals surface area contributed by atoms with E-state index in [1.165, 1.54) is 11.3 Å². The fourth-order valence-corrected chi connectivity index (χ4v) is 2.45. The van der Waals surface area contributed by atoms with E-state index in [-0.39, 0.29) is 5.78 Å². The number of thiophene rings is 1. The summed E-state index contributed by atoms with van der Waals surface area (Å²) < 4.78 is 0. The van der Waals surface area contributed by atoms with Crippen molar-refractivity contribution in [2.45, 2.75) is 19.8 Å². The van der Waals surface area contributed by atoms with Gasteiger partial charge in [0.25, 0.3) is 0 Å². The number of carboxylic acids is 1. The second kappa shape index (κ2) is 2.92. The summed E-state index contributed by atoms with van der Waals surface area (Å²) in [5, 5.41) is 10.8. The molecule has 0 amide bonds. The largest absolute Gasteiger partial charge is 0.480 e. The first kappa shape index (κ1) is 9.40. The number of aliphatic carboxylic acids is 1. The van der Waals surface area contributed by atoms with Crippen molar-refractivity contribution in [3.05, 3.63) is 21.9 Å². The SMILES string of the molecule is Cc1ccsc1C(=O)C1(C(=O)O)CC1. The topological polar surface area (TPSA) is 54.4 Å². The van der Waals surface area contributed by atoms with E-state index in [0.717, 1.165) is 5.56 Å². The van der Waals surface area contributed by atoms with Gasteiger partial charge in [0.2, 0.25) is 0 Å². The van der Waals surface area contributed by atoms with Crippen LogP contribution in [0.5, 0.6) is 0 Å². The van der Waals surface area contributed by atoms with E-state index in [9.17, 15) is 9.59 Å². The molecule has 0 bridgehead atoms. The molecule has 0 atom stereocenters. The van der Waals surface area contributed by atoms with Gasteiger partial charge in [0.05, 0.1) is 4.88 Å². The third-order valence-electron chi connectivity index (χ3n) is 2.66. The predicted molar refractivity (Wildman–Crippen MR) is 52.7 cm³/mol. The lowest BCUT2D eigenvalue weighted by molar-refractivity contribution is -0.141. The maximum Gasteiger partial charge on any atom is 0.317 e. The molecule has 0 aliphatic heterocycles. The molecule has 1 heterocycles. The van der Waals surface area contributed by atoms with Gasteiger partial charge in [-0.2, -0.15) is 0 Å². The Morgan fingerprint density at radius 1 is 1.50 bits per heavy atom. The summed E-state index contributed by atoms with van der Waals surface area (Å²) >= 11 is 1.33. The Labute approximate surface area is 85.4 Å². The second-order valence-corrected chi connectivity index (χ2v) is 4.57. The normalized spacial score (nSPS) is 17.8. The van der Waals surface area contributed by atoms with Crippen LogP contribution in [0.15, 0.2) is 11.4 Å². The van der Waals surface area contributed by atoms with E-state index >= 15 is 0 Å². The third-order valence-corrected chi connectivity index (χ3v) is 3.68. The first-order chi connectivity index (χ1) is 6.58. The number of hydrogen-bond donors (Lipinski definition) is 1. The minimum Gasteiger partial charge on any atom is -0.480 e. The molecular formula is C10H10O3S. The lowest BCUT2D eigenvalue weighted by atomic mass is 9.98. The van der Waals surface area contributed by atoms with Crippen LogP contribution in [0.25, 0.3) is 0 Å². The van der Waals surface area contributed by atoms with Crippen LogP contribution >= 0.6 is 11.3 Å². The van der Waals surface area contributed by atoms with Crippen molar-refractivity contribution in [2.75, 3.05) is 0 Å². The van der Waals surface area contributed by atoms with Crippen LogP contribution in [0.3, 0.4) is 0 Å². The summed E-state index contributed by atoms with van der Waals surface area (Å²) in [6.07, 6.45) is 0.969. The molecule has 3 nitrogen and oxygen atoms in total. The average molecular weight is 210 g/mol. The quantitative estimate of drug-likeness (QED) is 0.614. The Morgan fingerprint density at radius 3 is 2.50 bits per heavy atom. The van der Waals surface area contributed by atoms with E-state index in [1.807, 2.05) is 18.4 Å². The minimum absolute atomic E-state index is 0.211. The van der Waals surface area contributed by atoms with Gasteiger partial charge in [-0.25, -0.2) is 0 Å². The summed E-state index contributed by atoms with van der Waals surface area (Å²) in [6, 6.07) is 1.84. The van der Waals surface area contributed by atoms with Crippen molar-refractivity contribution >= 4 is 23.1 Å². The average Bonchev–Trinajstić information content (AvgIpc) is 2.84. The molecule has 1 N–H and O–H groups in total. The zero-order valence-electron chi connectivity index (χ0n) is 7.74. The zero-order chi connectivity index (χ0) is 10.3. The Hall–Kier alpha value is -1.16. The van der Waals surface area contributed by atoms with Gasteiger partial charge in [-0.3, -0.25) is 9.59 Å². The fraction of sp³-hybridized carbons (Fsp3) is 0.400. The molecule has 0 unspecified atom stereocenters. The first-order valence-corrected chi connectivity index (χ1v) is 5.28. The Kier molecular flexibility index (Phi) is 1.96. The lowest BCUT2D eigenvalue weighted by Crippen LogP contribution is -2.25. The van der Waals surface area contributed by atoms with Crippen molar-refractivity contribution < 1.29 is 14.7 Å². The third kappa shape index (κ3) is 1.18. The molecule has 1 aliphatic carbocycles. The van der Waals surface area contributed by atoms with Gasteiger partial charge < -0.3 is 5.11 Å². The molecule has 1 aromatic heterocycles. The second-order valence-electron chi connectivity index (χ2n) is 3.65. The molecule has 0 saturated heterocycles. The number of carbonyl (C=O) groups excluding carboxylic acids is 1. The van der Waals surface area contributed by atoms with Crippen LogP contribution in [0, 0.1) is 12.3 Å². The molecule has 1 saturated carbocycles. The van der Waals surface area contributed by atoms with Gasteiger partial charge >= 0.3 is 5.97 Å². The van der Waals surface area contributed by atoms with E-state index < -0.39 is 11.4 Å². The lowest BCUT2D eigenvalue weighted by Gasteiger charge is -2.06. The summed E-state index contributed by atoms with van der Waals surface area (Å²) in [6.45, 7) is 1.83. The highest BCUT2D eigenvalue weighted by atomic mass is 32.1. The van der Waals surface area contributed by atoms with Crippen LogP contribution in [0.1, 0.15) is 28.1 Å². The maximum atomic E-state index is 11.9. The van der Waals surface area contributed by atoms with Gasteiger partial charge in [0, 0.05) is 0 Å². The van der Waals surface area contributed by atoms with Crippen LogP contribution in [0.2, 0.25) is 0 Å². The summed E-state index contributed by atoms with van der Waals surface area (Å²) in [5.41, 5.74) is -0.206. The van der Waals surface area contributed by atoms with Gasteiger partial charge in [0.1, 0.15) is 5.41 Å². The highest BCUT2D eigenvalue weighted by Crippen LogP contribution is 2.49. The highest BCUT2D eigenvalue weighted by Gasteiger charge is 2.57. The molecule has 4 heteroatoms. The van der Waals surface area contributed by atoms with Crippen molar-refractivity contribution in [3.8, 4) is 0 Å². The molecular weight excluding hydrogens is 200 g/mol. The Morgan fingerprint density at radius 2 is 2.14 bits per heavy atom. The van der Waals surface area contributed by atoms with Crippen molar-refractivity contribution in [1.29, 1.82) is 0 Å². The molecule has 1 aliphatic rings. The summed E-state index contributed by atoms with van der Waals surface area (Å²) in [5.74, 6) is -1.19. The molecule has 14 heavy (non-hydrogen) atoms. The van der Waals surface area contributed by atoms with Crippen LogP contribution in [-0.4, -0.2) is 16.9 Å². The minimum atomic E-state index is -1.09. The summed E-state index contributed by atoms with van der Waals surface area (Å²) in [4.78, 5) is 23.4. The number of aryl methyl sites for hydroxylation is 1. The van der Waals surface area contributed by atoms with E-state index in [0.29, 0.717) is 17.7 Å². The maximum absolute atomic E-state index is 11.9. The van der Waals surface area contributed by atoms with E-state index in [4.69, 9.17) is 5.11 Å². The van der Waals surface area contributed by atoms with Crippen LogP contribution < -0.4 is 0 Å². The molecule has 0 spiro atoms. The first-order valence-electron chi connectivity index (χ1n) is 4.40. The molecule has 0 aromatic carbocycles. The van der Waals surface area contributed by atoms with Crippen molar-refractivity contribution in [1.82, 2.24) is 0 Å². The van der Waals surface area contributed by atoms with Gasteiger partial charge in [-0.05, 0) is 36.8 Å². The zero-order valence-corrected chi connectivity index (χ0v) is 8.56. The smallest absolute Gasteiger partial charge is 0.317 e. The van der Waals surface area contributed by atoms with Gasteiger partial charge in [-0.1, -0.05) is 0 Å². The van der Waals surface area contributed by atoms with Crippen LogP contribution in [-0.2, 0) is 4.79 Å². The van der Waals surface area contributed by atoms with E-state index in [1.54, 1.807) is 0 Å². The molecule has 74 valence electrons. The number of hydrogen-bond acceptors (Lipinski definition) is 3. The Bertz CT molecular complexity index is 401. The molecule has 0 radical (unpaired) electrons.